The zero-order valence-corrected chi connectivity index (χ0v) is 11.5. The second-order valence-corrected chi connectivity index (χ2v) is 4.75. The fourth-order valence-electron chi connectivity index (χ4n) is 2.31. The van der Waals surface area contributed by atoms with Crippen LogP contribution in [0.4, 0.5) is 4.79 Å². The molecule has 1 aromatic carbocycles. The van der Waals surface area contributed by atoms with E-state index in [1.807, 2.05) is 30.3 Å². The van der Waals surface area contributed by atoms with Crippen molar-refractivity contribution in [2.45, 2.75) is 25.5 Å². The summed E-state index contributed by atoms with van der Waals surface area (Å²) in [5.41, 5.74) is 0.986. The number of terminal acetylenes is 1. The van der Waals surface area contributed by atoms with Crippen molar-refractivity contribution in [3.05, 3.63) is 35.9 Å². The van der Waals surface area contributed by atoms with Crippen LogP contribution >= 0.6 is 0 Å². The van der Waals surface area contributed by atoms with Crippen molar-refractivity contribution < 1.29 is 14.3 Å². The van der Waals surface area contributed by atoms with Crippen molar-refractivity contribution in [1.82, 2.24) is 4.90 Å². The molecule has 0 aromatic heterocycles. The molecule has 1 heterocycles. The molecule has 0 aliphatic carbocycles. The van der Waals surface area contributed by atoms with E-state index in [1.165, 1.54) is 0 Å². The molecule has 0 saturated carbocycles. The van der Waals surface area contributed by atoms with E-state index in [0.29, 0.717) is 13.2 Å². The summed E-state index contributed by atoms with van der Waals surface area (Å²) in [6.45, 7) is 1.78. The Bertz CT molecular complexity index is 466. The van der Waals surface area contributed by atoms with E-state index in [-0.39, 0.29) is 18.7 Å². The summed E-state index contributed by atoms with van der Waals surface area (Å²) in [5.74, 6) is 2.43. The summed E-state index contributed by atoms with van der Waals surface area (Å²) in [5, 5.41) is 0. The van der Waals surface area contributed by atoms with Gasteiger partial charge in [0.1, 0.15) is 13.2 Å². The normalized spacial score (nSPS) is 17.8. The fraction of sp³-hybridized carbons (Fsp3) is 0.438. The Morgan fingerprint density at radius 1 is 1.40 bits per heavy atom. The molecule has 20 heavy (non-hydrogen) atoms. The molecule has 4 nitrogen and oxygen atoms in total. The molecule has 0 spiro atoms. The zero-order chi connectivity index (χ0) is 14.2. The number of likely N-dealkylation sites (tertiary alicyclic amines) is 1. The van der Waals surface area contributed by atoms with E-state index in [2.05, 4.69) is 5.92 Å². The predicted octanol–water partition coefficient (Wildman–Crippen LogP) is 2.44. The first kappa shape index (κ1) is 14.4. The van der Waals surface area contributed by atoms with Crippen LogP contribution in [0.1, 0.15) is 18.4 Å². The van der Waals surface area contributed by atoms with Crippen molar-refractivity contribution in [3.8, 4) is 12.3 Å². The summed E-state index contributed by atoms with van der Waals surface area (Å²) < 4.78 is 10.7. The number of rotatable bonds is 5. The van der Waals surface area contributed by atoms with Crippen molar-refractivity contribution in [2.24, 2.45) is 0 Å². The van der Waals surface area contributed by atoms with E-state index in [0.717, 1.165) is 24.9 Å². The Kier molecular flexibility index (Phi) is 5.45. The largest absolute Gasteiger partial charge is 0.445 e. The minimum Gasteiger partial charge on any atom is -0.445 e. The van der Waals surface area contributed by atoms with Crippen LogP contribution in [0.5, 0.6) is 0 Å². The van der Waals surface area contributed by atoms with Gasteiger partial charge in [0.25, 0.3) is 0 Å². The quantitative estimate of drug-likeness (QED) is 0.611. The van der Waals surface area contributed by atoms with Gasteiger partial charge in [0.05, 0.1) is 12.6 Å². The lowest BCUT2D eigenvalue weighted by Crippen LogP contribution is -2.38. The maximum absolute atomic E-state index is 12.1. The Balaban J connectivity index is 1.80. The number of carbonyl (C=O) groups excluding carboxylic acids is 1. The van der Waals surface area contributed by atoms with Crippen molar-refractivity contribution >= 4 is 6.09 Å². The summed E-state index contributed by atoms with van der Waals surface area (Å²) in [7, 11) is 0. The number of hydrogen-bond donors (Lipinski definition) is 0. The summed E-state index contributed by atoms with van der Waals surface area (Å²) in [4.78, 5) is 13.8. The topological polar surface area (TPSA) is 38.8 Å². The molecule has 0 N–H and O–H groups in total. The van der Waals surface area contributed by atoms with Gasteiger partial charge < -0.3 is 14.4 Å². The van der Waals surface area contributed by atoms with Crippen LogP contribution in [0.3, 0.4) is 0 Å². The van der Waals surface area contributed by atoms with Crippen molar-refractivity contribution in [1.29, 1.82) is 0 Å². The number of hydrogen-bond acceptors (Lipinski definition) is 3. The van der Waals surface area contributed by atoms with Crippen LogP contribution < -0.4 is 0 Å². The molecule has 1 aliphatic rings. The molecule has 4 heteroatoms. The second-order valence-electron chi connectivity index (χ2n) is 4.75. The fourth-order valence-corrected chi connectivity index (χ4v) is 2.31. The highest BCUT2D eigenvalue weighted by Crippen LogP contribution is 2.19. The van der Waals surface area contributed by atoms with Crippen LogP contribution in [-0.4, -0.2) is 36.8 Å². The predicted molar refractivity (Wildman–Crippen MR) is 76.0 cm³/mol. The first-order valence-electron chi connectivity index (χ1n) is 6.80. The highest BCUT2D eigenvalue weighted by molar-refractivity contribution is 5.68. The Morgan fingerprint density at radius 2 is 2.20 bits per heavy atom. The molecule has 1 aliphatic heterocycles. The van der Waals surface area contributed by atoms with Crippen LogP contribution in [0.15, 0.2) is 30.3 Å². The highest BCUT2D eigenvalue weighted by Gasteiger charge is 2.29. The summed E-state index contributed by atoms with van der Waals surface area (Å²) >= 11 is 0. The maximum Gasteiger partial charge on any atom is 0.410 e. The van der Waals surface area contributed by atoms with Gasteiger partial charge in [-0.05, 0) is 18.4 Å². The molecule has 106 valence electrons. The molecule has 0 unspecified atom stereocenters. The Hall–Kier alpha value is -1.99. The molecule has 2 rings (SSSR count). The minimum atomic E-state index is -0.277. The molecule has 1 saturated heterocycles. The Labute approximate surface area is 119 Å². The molecule has 1 aromatic rings. The number of nitrogens with zero attached hydrogens (tertiary/aromatic N) is 1. The molecule has 1 atom stereocenters. The lowest BCUT2D eigenvalue weighted by Gasteiger charge is -2.23. The third-order valence-electron chi connectivity index (χ3n) is 3.31. The average Bonchev–Trinajstić information content (AvgIpc) is 2.95. The monoisotopic (exact) mass is 273 g/mol. The van der Waals surface area contributed by atoms with Gasteiger partial charge in [0.15, 0.2) is 0 Å². The SMILES string of the molecule is C#CCOC[C@H]1CCCN1C(=O)OCc1ccccc1. The van der Waals surface area contributed by atoms with E-state index < -0.39 is 0 Å². The molecule has 1 amide bonds. The maximum atomic E-state index is 12.1. The summed E-state index contributed by atoms with van der Waals surface area (Å²) in [6, 6.07) is 9.73. The third kappa shape index (κ3) is 4.01. The molecular formula is C16H19NO3. The molecule has 0 bridgehead atoms. The van der Waals surface area contributed by atoms with Gasteiger partial charge in [-0.2, -0.15) is 0 Å². The zero-order valence-electron chi connectivity index (χ0n) is 11.5. The van der Waals surface area contributed by atoms with Gasteiger partial charge in [-0.3, -0.25) is 0 Å². The first-order valence-corrected chi connectivity index (χ1v) is 6.80. The molecular weight excluding hydrogens is 254 g/mol. The number of benzene rings is 1. The first-order chi connectivity index (χ1) is 9.81. The van der Waals surface area contributed by atoms with Gasteiger partial charge in [0.2, 0.25) is 0 Å². The molecule has 1 fully saturated rings. The standard InChI is InChI=1S/C16H19NO3/c1-2-11-19-13-15-9-6-10-17(15)16(18)20-12-14-7-4-3-5-8-14/h1,3-5,7-8,15H,6,9-13H2/t15-/m1/s1. The van der Waals surface area contributed by atoms with Gasteiger partial charge in [-0.15, -0.1) is 6.42 Å². The van der Waals surface area contributed by atoms with Crippen LogP contribution in [0.25, 0.3) is 0 Å². The van der Waals surface area contributed by atoms with Gasteiger partial charge in [0, 0.05) is 6.54 Å². The highest BCUT2D eigenvalue weighted by atomic mass is 16.6. The van der Waals surface area contributed by atoms with E-state index >= 15 is 0 Å². The lowest BCUT2D eigenvalue weighted by atomic mass is 10.2. The number of carbonyl (C=O) groups is 1. The van der Waals surface area contributed by atoms with Crippen molar-refractivity contribution in [3.63, 3.8) is 0 Å². The molecule has 0 radical (unpaired) electrons. The second kappa shape index (κ2) is 7.56. The van der Waals surface area contributed by atoms with Gasteiger partial charge >= 0.3 is 6.09 Å². The van der Waals surface area contributed by atoms with Crippen molar-refractivity contribution in [2.75, 3.05) is 19.8 Å². The van der Waals surface area contributed by atoms with Crippen LogP contribution in [-0.2, 0) is 16.1 Å². The minimum absolute atomic E-state index is 0.0756. The van der Waals surface area contributed by atoms with E-state index in [1.54, 1.807) is 4.90 Å². The van der Waals surface area contributed by atoms with Gasteiger partial charge in [-0.1, -0.05) is 36.3 Å². The third-order valence-corrected chi connectivity index (χ3v) is 3.31. The van der Waals surface area contributed by atoms with E-state index in [9.17, 15) is 4.79 Å². The van der Waals surface area contributed by atoms with E-state index in [4.69, 9.17) is 15.9 Å². The average molecular weight is 273 g/mol. The number of amides is 1. The van der Waals surface area contributed by atoms with Gasteiger partial charge in [-0.25, -0.2) is 4.79 Å². The Morgan fingerprint density at radius 3 is 2.95 bits per heavy atom. The van der Waals surface area contributed by atoms with Crippen LogP contribution in [0, 0.1) is 12.3 Å². The van der Waals surface area contributed by atoms with Crippen LogP contribution in [0.2, 0.25) is 0 Å². The lowest BCUT2D eigenvalue weighted by molar-refractivity contribution is 0.0639. The number of ether oxygens (including phenoxy) is 2. The smallest absolute Gasteiger partial charge is 0.410 e. The summed E-state index contributed by atoms with van der Waals surface area (Å²) in [6.07, 6.45) is 6.77.